The molecule has 1 aliphatic rings. The minimum absolute atomic E-state index is 0.927. The maximum Gasteiger partial charge on any atom is 0.164 e. The minimum Gasteiger partial charge on any atom is -0.311 e. The van der Waals surface area contributed by atoms with E-state index in [1.165, 1.54) is 35.1 Å². The SMILES string of the molecule is C=C(C)/C(C(C)=NC)=C(\C=C(/C)c1ccc(C)c(C)c1)c1nnc2n1CCCCC2. The quantitative estimate of drug-likeness (QED) is 0.445. The molecule has 0 fully saturated rings. The standard InChI is InChI=1S/C26H34N4/c1-17(2)25(21(6)27-7)23(16-20(5)22-13-12-18(3)19(4)15-22)26-29-28-24-11-9-8-10-14-30(24)26/h12-13,15-16H,1,8-11,14H2,2-7H3/b20-16+,25-23-,27-21?. The van der Waals surface area contributed by atoms with Crippen molar-refractivity contribution in [2.45, 2.75) is 66.8 Å². The molecule has 0 saturated carbocycles. The van der Waals surface area contributed by atoms with Gasteiger partial charge in [-0.2, -0.15) is 0 Å². The molecule has 4 heteroatoms. The van der Waals surface area contributed by atoms with Gasteiger partial charge in [0.15, 0.2) is 5.82 Å². The highest BCUT2D eigenvalue weighted by Crippen LogP contribution is 2.30. The van der Waals surface area contributed by atoms with Gasteiger partial charge < -0.3 is 4.57 Å². The fraction of sp³-hybridized carbons (Fsp3) is 0.423. The zero-order valence-electron chi connectivity index (χ0n) is 19.3. The highest BCUT2D eigenvalue weighted by atomic mass is 15.3. The number of aryl methyl sites for hydroxylation is 3. The molecule has 3 rings (SSSR count). The first-order chi connectivity index (χ1) is 14.3. The molecule has 1 aromatic heterocycles. The van der Waals surface area contributed by atoms with E-state index in [4.69, 9.17) is 0 Å². The van der Waals surface area contributed by atoms with Crippen molar-refractivity contribution in [3.8, 4) is 0 Å². The van der Waals surface area contributed by atoms with Crippen LogP contribution in [0.15, 0.2) is 47.0 Å². The monoisotopic (exact) mass is 402 g/mol. The number of aromatic nitrogens is 3. The Morgan fingerprint density at radius 3 is 2.50 bits per heavy atom. The van der Waals surface area contributed by atoms with Gasteiger partial charge in [-0.05, 0) is 81.4 Å². The average Bonchev–Trinajstić information content (AvgIpc) is 2.96. The summed E-state index contributed by atoms with van der Waals surface area (Å²) < 4.78 is 2.30. The van der Waals surface area contributed by atoms with Crippen LogP contribution in [0.2, 0.25) is 0 Å². The van der Waals surface area contributed by atoms with Gasteiger partial charge in [-0.3, -0.25) is 4.99 Å². The lowest BCUT2D eigenvalue weighted by Crippen LogP contribution is -2.09. The second kappa shape index (κ2) is 9.38. The average molecular weight is 403 g/mol. The molecule has 1 aliphatic heterocycles. The molecule has 2 heterocycles. The molecular weight excluding hydrogens is 368 g/mol. The first-order valence-corrected chi connectivity index (χ1v) is 10.9. The van der Waals surface area contributed by atoms with Crippen molar-refractivity contribution in [2.24, 2.45) is 4.99 Å². The lowest BCUT2D eigenvalue weighted by molar-refractivity contribution is 0.627. The largest absolute Gasteiger partial charge is 0.311 e. The Balaban J connectivity index is 2.25. The third-order valence-electron chi connectivity index (χ3n) is 6.07. The summed E-state index contributed by atoms with van der Waals surface area (Å²) >= 11 is 0. The molecule has 0 radical (unpaired) electrons. The first kappa shape index (κ1) is 21.9. The highest BCUT2D eigenvalue weighted by molar-refractivity contribution is 6.10. The highest BCUT2D eigenvalue weighted by Gasteiger charge is 2.21. The maximum absolute atomic E-state index is 4.65. The third-order valence-corrected chi connectivity index (χ3v) is 6.07. The van der Waals surface area contributed by atoms with E-state index in [2.05, 4.69) is 71.4 Å². The zero-order valence-corrected chi connectivity index (χ0v) is 19.3. The predicted octanol–water partition coefficient (Wildman–Crippen LogP) is 6.15. The van der Waals surface area contributed by atoms with Gasteiger partial charge in [0.05, 0.1) is 0 Å². The van der Waals surface area contributed by atoms with Crippen molar-refractivity contribution < 1.29 is 0 Å². The summed E-state index contributed by atoms with van der Waals surface area (Å²) in [7, 11) is 1.83. The Kier molecular flexibility index (Phi) is 6.86. The molecule has 2 aromatic rings. The number of fused-ring (bicyclic) bond motifs is 1. The second-order valence-electron chi connectivity index (χ2n) is 8.41. The lowest BCUT2D eigenvalue weighted by atomic mass is 9.93. The number of nitrogens with zero attached hydrogens (tertiary/aromatic N) is 4. The van der Waals surface area contributed by atoms with E-state index in [1.807, 2.05) is 20.9 Å². The van der Waals surface area contributed by atoms with Crippen LogP contribution in [-0.4, -0.2) is 27.5 Å². The zero-order chi connectivity index (χ0) is 21.8. The summed E-state index contributed by atoms with van der Waals surface area (Å²) in [6.07, 6.45) is 6.81. The fourth-order valence-electron chi connectivity index (χ4n) is 4.06. The van der Waals surface area contributed by atoms with Crippen LogP contribution < -0.4 is 0 Å². The van der Waals surface area contributed by atoms with Crippen LogP contribution in [0.4, 0.5) is 0 Å². The van der Waals surface area contributed by atoms with Crippen LogP contribution >= 0.6 is 0 Å². The van der Waals surface area contributed by atoms with Crippen LogP contribution in [0, 0.1) is 13.8 Å². The Morgan fingerprint density at radius 2 is 1.83 bits per heavy atom. The van der Waals surface area contributed by atoms with Crippen LogP contribution in [0.5, 0.6) is 0 Å². The molecule has 0 unspecified atom stereocenters. The van der Waals surface area contributed by atoms with E-state index in [0.717, 1.165) is 53.5 Å². The van der Waals surface area contributed by atoms with Gasteiger partial charge in [0.25, 0.3) is 0 Å². The Bertz CT molecular complexity index is 1050. The number of benzene rings is 1. The van der Waals surface area contributed by atoms with Crippen molar-refractivity contribution in [1.82, 2.24) is 14.8 Å². The summed E-state index contributed by atoms with van der Waals surface area (Å²) in [4.78, 5) is 4.49. The van der Waals surface area contributed by atoms with E-state index < -0.39 is 0 Å². The fourth-order valence-corrected chi connectivity index (χ4v) is 4.06. The molecule has 0 saturated heterocycles. The van der Waals surface area contributed by atoms with Crippen LogP contribution in [0.1, 0.15) is 68.4 Å². The van der Waals surface area contributed by atoms with Gasteiger partial charge in [0, 0.05) is 36.9 Å². The van der Waals surface area contributed by atoms with Gasteiger partial charge >= 0.3 is 0 Å². The van der Waals surface area contributed by atoms with E-state index in [9.17, 15) is 0 Å². The first-order valence-electron chi connectivity index (χ1n) is 10.9. The minimum atomic E-state index is 0.927. The number of hydrogen-bond donors (Lipinski definition) is 0. The normalized spacial score (nSPS) is 16.1. The topological polar surface area (TPSA) is 43.1 Å². The lowest BCUT2D eigenvalue weighted by Gasteiger charge is -2.16. The van der Waals surface area contributed by atoms with E-state index in [1.54, 1.807) is 0 Å². The molecule has 0 bridgehead atoms. The number of aliphatic imine (C=N–C) groups is 1. The molecule has 158 valence electrons. The Labute approximate surface area is 181 Å². The Morgan fingerprint density at radius 1 is 1.07 bits per heavy atom. The Hall–Kier alpha value is -2.75. The van der Waals surface area contributed by atoms with Crippen molar-refractivity contribution in [3.63, 3.8) is 0 Å². The molecule has 0 spiro atoms. The predicted molar refractivity (Wildman–Crippen MR) is 128 cm³/mol. The summed E-state index contributed by atoms with van der Waals surface area (Å²) in [5.41, 5.74) is 9.09. The second-order valence-corrected chi connectivity index (χ2v) is 8.41. The smallest absolute Gasteiger partial charge is 0.164 e. The van der Waals surface area contributed by atoms with Crippen molar-refractivity contribution >= 4 is 16.9 Å². The molecule has 0 aliphatic carbocycles. The van der Waals surface area contributed by atoms with Crippen molar-refractivity contribution in [2.75, 3.05) is 7.05 Å². The van der Waals surface area contributed by atoms with Crippen molar-refractivity contribution in [1.29, 1.82) is 0 Å². The number of hydrogen-bond acceptors (Lipinski definition) is 3. The van der Waals surface area contributed by atoms with Crippen LogP contribution in [0.25, 0.3) is 11.1 Å². The molecule has 4 nitrogen and oxygen atoms in total. The maximum atomic E-state index is 4.65. The number of allylic oxidation sites excluding steroid dienone is 5. The molecule has 0 atom stereocenters. The molecule has 0 N–H and O–H groups in total. The number of rotatable bonds is 5. The third kappa shape index (κ3) is 4.53. The summed E-state index contributed by atoms with van der Waals surface area (Å²) in [6, 6.07) is 6.63. The summed E-state index contributed by atoms with van der Waals surface area (Å²) in [5.74, 6) is 2.01. The van der Waals surface area contributed by atoms with Gasteiger partial charge in [-0.15, -0.1) is 10.2 Å². The van der Waals surface area contributed by atoms with Crippen molar-refractivity contribution in [3.05, 3.63) is 70.3 Å². The summed E-state index contributed by atoms with van der Waals surface area (Å²) in [6.45, 7) is 15.8. The van der Waals surface area contributed by atoms with Crippen LogP contribution in [-0.2, 0) is 13.0 Å². The van der Waals surface area contributed by atoms with Crippen LogP contribution in [0.3, 0.4) is 0 Å². The van der Waals surface area contributed by atoms with E-state index in [-0.39, 0.29) is 0 Å². The van der Waals surface area contributed by atoms with Gasteiger partial charge in [-0.25, -0.2) is 0 Å². The van der Waals surface area contributed by atoms with E-state index >= 15 is 0 Å². The van der Waals surface area contributed by atoms with Gasteiger partial charge in [0.1, 0.15) is 5.82 Å². The molecule has 0 amide bonds. The molecule has 1 aromatic carbocycles. The summed E-state index contributed by atoms with van der Waals surface area (Å²) in [5, 5.41) is 9.20. The van der Waals surface area contributed by atoms with Gasteiger partial charge in [-0.1, -0.05) is 31.2 Å². The van der Waals surface area contributed by atoms with Gasteiger partial charge in [0.2, 0.25) is 0 Å². The van der Waals surface area contributed by atoms with E-state index in [0.29, 0.717) is 0 Å². The molecule has 30 heavy (non-hydrogen) atoms. The molecular formula is C26H34N4.